The summed E-state index contributed by atoms with van der Waals surface area (Å²) in [6.07, 6.45) is 0. The maximum Gasteiger partial charge on any atom is 0.258 e. The van der Waals surface area contributed by atoms with Crippen LogP contribution in [0.4, 0.5) is 5.95 Å². The van der Waals surface area contributed by atoms with Crippen LogP contribution in [0.15, 0.2) is 28.8 Å². The first-order valence-corrected chi connectivity index (χ1v) is 10.7. The number of anilines is 1. The van der Waals surface area contributed by atoms with Crippen LogP contribution in [0.2, 0.25) is 0 Å². The van der Waals surface area contributed by atoms with E-state index < -0.39 is 0 Å². The van der Waals surface area contributed by atoms with Gasteiger partial charge < -0.3 is 14.3 Å². The minimum Gasteiger partial charge on any atom is -0.340 e. The smallest absolute Gasteiger partial charge is 0.258 e. The average Bonchev–Trinajstić information content (AvgIpc) is 3.46. The second-order valence-electron chi connectivity index (χ2n) is 8.65. The van der Waals surface area contributed by atoms with Gasteiger partial charge in [-0.3, -0.25) is 4.79 Å². The van der Waals surface area contributed by atoms with Crippen molar-refractivity contribution in [3.05, 3.63) is 52.6 Å². The lowest BCUT2D eigenvalue weighted by Crippen LogP contribution is -2.34. The molecular weight excluding hydrogens is 392 g/mol. The molecule has 2 atom stereocenters. The molecule has 3 aromatic rings. The van der Waals surface area contributed by atoms with Gasteiger partial charge in [-0.05, 0) is 45.4 Å². The standard InChI is InChI=1S/C23H26N6O2/c1-13-14(2)24-23(25-15(13)3)29-11-17-9-28(10-18(17)12-29)22(30)20-8-6-5-7-19(20)21-26-16(4)27-31-21/h5-8,17-18H,9-12H2,1-4H3. The van der Waals surface area contributed by atoms with E-state index in [9.17, 15) is 4.79 Å². The predicted molar refractivity (Wildman–Crippen MR) is 116 cm³/mol. The Labute approximate surface area is 181 Å². The highest BCUT2D eigenvalue weighted by Crippen LogP contribution is 2.35. The third-order valence-electron chi connectivity index (χ3n) is 6.59. The highest BCUT2D eigenvalue weighted by atomic mass is 16.5. The van der Waals surface area contributed by atoms with Gasteiger partial charge in [0.05, 0.1) is 11.1 Å². The number of fused-ring (bicyclic) bond motifs is 1. The Hall–Kier alpha value is -3.29. The summed E-state index contributed by atoms with van der Waals surface area (Å²) in [5, 5.41) is 3.86. The van der Waals surface area contributed by atoms with E-state index in [2.05, 4.69) is 22.0 Å². The van der Waals surface area contributed by atoms with Crippen LogP contribution in [0.1, 0.15) is 33.1 Å². The third-order valence-corrected chi connectivity index (χ3v) is 6.59. The van der Waals surface area contributed by atoms with Crippen LogP contribution in [0, 0.1) is 39.5 Å². The minimum absolute atomic E-state index is 0.0191. The number of carbonyl (C=O) groups excluding carboxylic acids is 1. The van der Waals surface area contributed by atoms with Gasteiger partial charge in [-0.25, -0.2) is 9.97 Å². The predicted octanol–water partition coefficient (Wildman–Crippen LogP) is 2.97. The van der Waals surface area contributed by atoms with E-state index >= 15 is 0 Å². The average molecular weight is 419 g/mol. The van der Waals surface area contributed by atoms with Crippen molar-refractivity contribution in [2.24, 2.45) is 11.8 Å². The van der Waals surface area contributed by atoms with Gasteiger partial charge in [-0.2, -0.15) is 4.98 Å². The molecule has 2 aliphatic heterocycles. The lowest BCUT2D eigenvalue weighted by molar-refractivity contribution is 0.0783. The number of nitrogens with zero attached hydrogens (tertiary/aromatic N) is 6. The van der Waals surface area contributed by atoms with E-state index in [1.165, 1.54) is 0 Å². The van der Waals surface area contributed by atoms with Crippen LogP contribution in [0.25, 0.3) is 11.5 Å². The lowest BCUT2D eigenvalue weighted by atomic mass is 10.0. The van der Waals surface area contributed by atoms with Gasteiger partial charge >= 0.3 is 0 Å². The van der Waals surface area contributed by atoms with Crippen molar-refractivity contribution < 1.29 is 9.32 Å². The Morgan fingerprint density at radius 2 is 1.58 bits per heavy atom. The summed E-state index contributed by atoms with van der Waals surface area (Å²) in [4.78, 5) is 31.3. The second kappa shape index (κ2) is 7.44. The Bertz CT molecular complexity index is 1120. The van der Waals surface area contributed by atoms with Gasteiger partial charge in [0.1, 0.15) is 0 Å². The summed E-state index contributed by atoms with van der Waals surface area (Å²) in [5.41, 5.74) is 4.50. The summed E-state index contributed by atoms with van der Waals surface area (Å²) >= 11 is 0. The maximum atomic E-state index is 13.4. The molecule has 0 N–H and O–H groups in total. The molecule has 2 aliphatic rings. The van der Waals surface area contributed by atoms with E-state index in [0.29, 0.717) is 34.7 Å². The summed E-state index contributed by atoms with van der Waals surface area (Å²) in [6, 6.07) is 7.45. The van der Waals surface area contributed by atoms with Gasteiger partial charge in [0.15, 0.2) is 5.82 Å². The van der Waals surface area contributed by atoms with E-state index in [1.807, 2.05) is 43.0 Å². The summed E-state index contributed by atoms with van der Waals surface area (Å²) in [7, 11) is 0. The zero-order valence-electron chi connectivity index (χ0n) is 18.3. The van der Waals surface area contributed by atoms with Crippen LogP contribution in [-0.4, -0.2) is 57.1 Å². The molecule has 1 aromatic carbocycles. The monoisotopic (exact) mass is 418 g/mol. The number of benzene rings is 1. The maximum absolute atomic E-state index is 13.4. The Kier molecular flexibility index (Phi) is 4.72. The number of aryl methyl sites for hydroxylation is 3. The molecular formula is C23H26N6O2. The SMILES string of the molecule is Cc1noc(-c2ccccc2C(=O)N2CC3CN(c4nc(C)c(C)c(C)n4)CC3C2)n1. The molecule has 2 fully saturated rings. The molecule has 2 aromatic heterocycles. The van der Waals surface area contributed by atoms with Crippen molar-refractivity contribution in [3.8, 4) is 11.5 Å². The molecule has 2 unspecified atom stereocenters. The number of likely N-dealkylation sites (tertiary alicyclic amines) is 1. The van der Waals surface area contributed by atoms with Gasteiger partial charge in [-0.1, -0.05) is 17.3 Å². The Balaban J connectivity index is 1.32. The number of carbonyl (C=O) groups is 1. The van der Waals surface area contributed by atoms with Crippen molar-refractivity contribution in [3.63, 3.8) is 0 Å². The van der Waals surface area contributed by atoms with Crippen LogP contribution in [0.3, 0.4) is 0 Å². The quantitative estimate of drug-likeness (QED) is 0.646. The highest BCUT2D eigenvalue weighted by molar-refractivity contribution is 6.00. The van der Waals surface area contributed by atoms with Gasteiger partial charge in [0.2, 0.25) is 5.95 Å². The fourth-order valence-electron chi connectivity index (χ4n) is 4.65. The van der Waals surface area contributed by atoms with Crippen LogP contribution < -0.4 is 4.90 Å². The highest BCUT2D eigenvalue weighted by Gasteiger charge is 2.43. The first-order valence-electron chi connectivity index (χ1n) is 10.7. The number of rotatable bonds is 3. The lowest BCUT2D eigenvalue weighted by Gasteiger charge is -2.23. The number of hydrogen-bond acceptors (Lipinski definition) is 7. The van der Waals surface area contributed by atoms with Crippen molar-refractivity contribution in [1.82, 2.24) is 25.0 Å². The molecule has 0 spiro atoms. The molecule has 0 bridgehead atoms. The van der Waals surface area contributed by atoms with E-state index in [4.69, 9.17) is 14.5 Å². The molecule has 0 aliphatic carbocycles. The first kappa shape index (κ1) is 19.7. The van der Waals surface area contributed by atoms with E-state index in [0.717, 1.165) is 49.1 Å². The molecule has 8 nitrogen and oxygen atoms in total. The van der Waals surface area contributed by atoms with E-state index in [1.54, 1.807) is 6.92 Å². The molecule has 1 amide bonds. The molecule has 2 saturated heterocycles. The summed E-state index contributed by atoms with van der Waals surface area (Å²) in [6.45, 7) is 11.1. The minimum atomic E-state index is 0.0191. The summed E-state index contributed by atoms with van der Waals surface area (Å²) < 4.78 is 5.32. The van der Waals surface area contributed by atoms with Crippen LogP contribution >= 0.6 is 0 Å². The fourth-order valence-corrected chi connectivity index (χ4v) is 4.65. The number of hydrogen-bond donors (Lipinski definition) is 0. The number of aromatic nitrogens is 4. The van der Waals surface area contributed by atoms with E-state index in [-0.39, 0.29) is 5.91 Å². The van der Waals surface area contributed by atoms with Crippen molar-refractivity contribution in [2.75, 3.05) is 31.1 Å². The zero-order chi connectivity index (χ0) is 21.7. The van der Waals surface area contributed by atoms with Crippen LogP contribution in [-0.2, 0) is 0 Å². The Morgan fingerprint density at radius 3 is 2.19 bits per heavy atom. The van der Waals surface area contributed by atoms with Gasteiger partial charge in [0, 0.05) is 49.4 Å². The molecule has 8 heteroatoms. The number of amides is 1. The normalized spacial score (nSPS) is 20.4. The molecule has 31 heavy (non-hydrogen) atoms. The van der Waals surface area contributed by atoms with Crippen LogP contribution in [0.5, 0.6) is 0 Å². The fraction of sp³-hybridized carbons (Fsp3) is 0.435. The van der Waals surface area contributed by atoms with Crippen molar-refractivity contribution >= 4 is 11.9 Å². The first-order chi connectivity index (χ1) is 14.9. The summed E-state index contributed by atoms with van der Waals surface area (Å²) in [5.74, 6) is 2.61. The van der Waals surface area contributed by atoms with Gasteiger partial charge in [0.25, 0.3) is 11.8 Å². The van der Waals surface area contributed by atoms with Crippen molar-refractivity contribution in [1.29, 1.82) is 0 Å². The zero-order valence-corrected chi connectivity index (χ0v) is 18.3. The topological polar surface area (TPSA) is 88.3 Å². The van der Waals surface area contributed by atoms with Gasteiger partial charge in [-0.15, -0.1) is 0 Å². The Morgan fingerprint density at radius 1 is 0.935 bits per heavy atom. The second-order valence-corrected chi connectivity index (χ2v) is 8.65. The molecule has 0 saturated carbocycles. The third kappa shape index (κ3) is 3.45. The van der Waals surface area contributed by atoms with Crippen molar-refractivity contribution in [2.45, 2.75) is 27.7 Å². The molecule has 4 heterocycles. The molecule has 160 valence electrons. The molecule has 5 rings (SSSR count). The largest absolute Gasteiger partial charge is 0.340 e. The molecule has 0 radical (unpaired) electrons.